The molecule has 0 radical (unpaired) electrons. The maximum Gasteiger partial charge on any atom is 0.361 e. The molecular formula is C15H16N4O3. The number of nitrogens with two attached hydrogens (primary N) is 1. The lowest BCUT2D eigenvalue weighted by molar-refractivity contribution is -0.133. The number of ether oxygens (including phenoxy) is 1. The predicted octanol–water partition coefficient (Wildman–Crippen LogP) is 0.874. The number of carbonyl (C=O) groups excluding carboxylic acids is 2. The summed E-state index contributed by atoms with van der Waals surface area (Å²) < 4.78 is 4.92. The highest BCUT2D eigenvalue weighted by Gasteiger charge is 2.17. The van der Waals surface area contributed by atoms with Gasteiger partial charge in [-0.15, -0.1) is 0 Å². The smallest absolute Gasteiger partial charge is 0.361 e. The molecule has 0 unspecified atom stereocenters. The van der Waals surface area contributed by atoms with Crippen molar-refractivity contribution in [2.75, 3.05) is 19.4 Å². The van der Waals surface area contributed by atoms with Crippen LogP contribution in [0.1, 0.15) is 16.1 Å². The minimum atomic E-state index is -0.771. The zero-order valence-corrected chi connectivity index (χ0v) is 12.1. The van der Waals surface area contributed by atoms with Gasteiger partial charge < -0.3 is 15.4 Å². The fourth-order valence-electron chi connectivity index (χ4n) is 1.76. The van der Waals surface area contributed by atoms with E-state index >= 15 is 0 Å². The Hall–Kier alpha value is -2.96. The lowest BCUT2D eigenvalue weighted by Gasteiger charge is -2.17. The maximum absolute atomic E-state index is 11.9. The molecule has 0 spiro atoms. The first-order valence-electron chi connectivity index (χ1n) is 6.59. The van der Waals surface area contributed by atoms with Crippen molar-refractivity contribution < 1.29 is 14.3 Å². The number of esters is 1. The summed E-state index contributed by atoms with van der Waals surface area (Å²) in [4.78, 5) is 32.7. The number of amides is 1. The summed E-state index contributed by atoms with van der Waals surface area (Å²) in [6.45, 7) is 0.0582. The minimum absolute atomic E-state index is 0.0300. The van der Waals surface area contributed by atoms with Gasteiger partial charge >= 0.3 is 5.97 Å². The van der Waals surface area contributed by atoms with Crippen LogP contribution in [0, 0.1) is 0 Å². The molecule has 0 saturated heterocycles. The second-order valence-electron chi connectivity index (χ2n) is 4.60. The van der Waals surface area contributed by atoms with Gasteiger partial charge in [0.1, 0.15) is 0 Å². The number of anilines is 1. The van der Waals surface area contributed by atoms with Crippen molar-refractivity contribution in [2.45, 2.75) is 6.54 Å². The molecule has 2 rings (SSSR count). The van der Waals surface area contributed by atoms with E-state index in [-0.39, 0.29) is 24.0 Å². The summed E-state index contributed by atoms with van der Waals surface area (Å²) >= 11 is 0. The van der Waals surface area contributed by atoms with E-state index in [9.17, 15) is 9.59 Å². The number of likely N-dealkylation sites (N-methyl/N-ethyl adjacent to an activating group) is 1. The standard InChI is InChI=1S/C15H16N4O3/c1-19(9-11-5-3-2-4-6-11)12(20)10-22-15(21)13-14(16)18-8-7-17-13/h2-8H,9-10H2,1H3,(H2,16,18). The van der Waals surface area contributed by atoms with Gasteiger partial charge in [-0.25, -0.2) is 14.8 Å². The number of hydrogen-bond donors (Lipinski definition) is 1. The van der Waals surface area contributed by atoms with Gasteiger partial charge in [-0.05, 0) is 5.56 Å². The van der Waals surface area contributed by atoms with Crippen molar-refractivity contribution in [3.8, 4) is 0 Å². The third kappa shape index (κ3) is 4.02. The van der Waals surface area contributed by atoms with Gasteiger partial charge in [0, 0.05) is 26.0 Å². The molecule has 114 valence electrons. The van der Waals surface area contributed by atoms with Crippen molar-refractivity contribution in [2.24, 2.45) is 0 Å². The summed E-state index contributed by atoms with van der Waals surface area (Å²) in [5, 5.41) is 0. The molecule has 7 nitrogen and oxygen atoms in total. The van der Waals surface area contributed by atoms with Crippen LogP contribution in [-0.2, 0) is 16.1 Å². The van der Waals surface area contributed by atoms with Crippen molar-refractivity contribution in [3.63, 3.8) is 0 Å². The molecule has 0 bridgehead atoms. The molecule has 7 heteroatoms. The van der Waals surface area contributed by atoms with E-state index in [1.54, 1.807) is 7.05 Å². The largest absolute Gasteiger partial charge is 0.451 e. The second-order valence-corrected chi connectivity index (χ2v) is 4.60. The second kappa shape index (κ2) is 7.16. The first-order chi connectivity index (χ1) is 10.6. The van der Waals surface area contributed by atoms with Crippen LogP contribution in [-0.4, -0.2) is 40.4 Å². The van der Waals surface area contributed by atoms with E-state index in [4.69, 9.17) is 10.5 Å². The van der Waals surface area contributed by atoms with Crippen LogP contribution in [0.5, 0.6) is 0 Å². The zero-order chi connectivity index (χ0) is 15.9. The Morgan fingerprint density at radius 2 is 1.86 bits per heavy atom. The Labute approximate surface area is 127 Å². The molecule has 0 atom stereocenters. The molecular weight excluding hydrogens is 284 g/mol. The Morgan fingerprint density at radius 3 is 2.55 bits per heavy atom. The Bertz CT molecular complexity index is 661. The van der Waals surface area contributed by atoms with E-state index in [0.29, 0.717) is 6.54 Å². The molecule has 1 aromatic heterocycles. The van der Waals surface area contributed by atoms with Crippen LogP contribution >= 0.6 is 0 Å². The topological polar surface area (TPSA) is 98.4 Å². The molecule has 0 fully saturated rings. The zero-order valence-electron chi connectivity index (χ0n) is 12.1. The first kappa shape index (κ1) is 15.4. The fraction of sp³-hybridized carbons (Fsp3) is 0.200. The van der Waals surface area contributed by atoms with Gasteiger partial charge in [-0.2, -0.15) is 0 Å². The summed E-state index contributed by atoms with van der Waals surface area (Å²) in [7, 11) is 1.64. The van der Waals surface area contributed by atoms with Crippen molar-refractivity contribution in [1.29, 1.82) is 0 Å². The SMILES string of the molecule is CN(Cc1ccccc1)C(=O)COC(=O)c1nccnc1N. The van der Waals surface area contributed by atoms with Crippen LogP contribution in [0.25, 0.3) is 0 Å². The number of rotatable bonds is 5. The number of nitrogen functional groups attached to an aromatic ring is 1. The van der Waals surface area contributed by atoms with Gasteiger partial charge in [-0.3, -0.25) is 4.79 Å². The molecule has 1 aromatic carbocycles. The van der Waals surface area contributed by atoms with Gasteiger partial charge in [0.2, 0.25) is 0 Å². The van der Waals surface area contributed by atoms with Crippen LogP contribution in [0.4, 0.5) is 5.82 Å². The van der Waals surface area contributed by atoms with E-state index < -0.39 is 5.97 Å². The Balaban J connectivity index is 1.87. The number of carbonyl (C=O) groups is 2. The predicted molar refractivity (Wildman–Crippen MR) is 79.6 cm³/mol. The number of nitrogens with zero attached hydrogens (tertiary/aromatic N) is 3. The molecule has 0 aliphatic heterocycles. The highest BCUT2D eigenvalue weighted by Crippen LogP contribution is 2.06. The van der Waals surface area contributed by atoms with Crippen molar-refractivity contribution in [1.82, 2.24) is 14.9 Å². The molecule has 0 saturated carbocycles. The summed E-state index contributed by atoms with van der Waals surface area (Å²) in [6.07, 6.45) is 2.70. The van der Waals surface area contributed by atoms with Crippen molar-refractivity contribution >= 4 is 17.7 Å². The van der Waals surface area contributed by atoms with E-state index in [0.717, 1.165) is 5.56 Å². The average molecular weight is 300 g/mol. The van der Waals surface area contributed by atoms with Gasteiger partial charge in [0.25, 0.3) is 5.91 Å². The molecule has 2 N–H and O–H groups in total. The number of benzene rings is 1. The first-order valence-corrected chi connectivity index (χ1v) is 6.59. The van der Waals surface area contributed by atoms with Crippen LogP contribution < -0.4 is 5.73 Å². The lowest BCUT2D eigenvalue weighted by atomic mass is 10.2. The minimum Gasteiger partial charge on any atom is -0.451 e. The Kier molecular flexibility index (Phi) is 5.02. The maximum atomic E-state index is 11.9. The third-order valence-corrected chi connectivity index (χ3v) is 2.93. The van der Waals surface area contributed by atoms with Gasteiger partial charge in [0.15, 0.2) is 18.1 Å². The molecule has 2 aromatic rings. The summed E-state index contributed by atoms with van der Waals surface area (Å²) in [5.74, 6) is -1.12. The summed E-state index contributed by atoms with van der Waals surface area (Å²) in [5.41, 5.74) is 6.41. The lowest BCUT2D eigenvalue weighted by Crippen LogP contribution is -2.31. The highest BCUT2D eigenvalue weighted by atomic mass is 16.5. The van der Waals surface area contributed by atoms with Crippen LogP contribution in [0.2, 0.25) is 0 Å². The monoisotopic (exact) mass is 300 g/mol. The van der Waals surface area contributed by atoms with E-state index in [2.05, 4.69) is 9.97 Å². The van der Waals surface area contributed by atoms with E-state index in [1.165, 1.54) is 17.3 Å². The normalized spacial score (nSPS) is 10.0. The summed E-state index contributed by atoms with van der Waals surface area (Å²) in [6, 6.07) is 9.51. The van der Waals surface area contributed by atoms with Crippen LogP contribution in [0.3, 0.4) is 0 Å². The molecule has 0 aliphatic carbocycles. The Morgan fingerprint density at radius 1 is 1.18 bits per heavy atom. The fourth-order valence-corrected chi connectivity index (χ4v) is 1.76. The molecule has 1 heterocycles. The molecule has 22 heavy (non-hydrogen) atoms. The van der Waals surface area contributed by atoms with E-state index in [1.807, 2.05) is 30.3 Å². The number of aromatic nitrogens is 2. The van der Waals surface area contributed by atoms with Gasteiger partial charge in [0.05, 0.1) is 0 Å². The highest BCUT2D eigenvalue weighted by molar-refractivity contribution is 5.93. The molecule has 0 aliphatic rings. The molecule has 1 amide bonds. The van der Waals surface area contributed by atoms with Crippen molar-refractivity contribution in [3.05, 3.63) is 54.0 Å². The number of hydrogen-bond acceptors (Lipinski definition) is 6. The van der Waals surface area contributed by atoms with Gasteiger partial charge in [-0.1, -0.05) is 30.3 Å². The average Bonchev–Trinajstić information content (AvgIpc) is 2.53. The quantitative estimate of drug-likeness (QED) is 0.823. The third-order valence-electron chi connectivity index (χ3n) is 2.93. The van der Waals surface area contributed by atoms with Crippen LogP contribution in [0.15, 0.2) is 42.7 Å².